The normalized spacial score (nSPS) is 11.7. The molecule has 4 heterocycles. The highest BCUT2D eigenvalue weighted by Gasteiger charge is 2.41. The second-order valence-corrected chi connectivity index (χ2v) is 14.1. The lowest BCUT2D eigenvalue weighted by molar-refractivity contribution is 0.619. The Morgan fingerprint density at radius 1 is 0.395 bits per heavy atom. The van der Waals surface area contributed by atoms with E-state index >= 15 is 0 Å². The molecule has 7 heteroatoms. The molecule has 8 rings (SSSR count). The summed E-state index contributed by atoms with van der Waals surface area (Å²) >= 11 is 0. The first-order chi connectivity index (χ1) is 21.3. The lowest BCUT2D eigenvalue weighted by atomic mass is 10.2. The maximum Gasteiger partial charge on any atom is 0.228 e. The molecule has 0 aliphatic carbocycles. The van der Waals surface area contributed by atoms with Crippen LogP contribution in [-0.4, -0.2) is 28.0 Å². The molecule has 0 radical (unpaired) electrons. The van der Waals surface area contributed by atoms with Gasteiger partial charge in [-0.15, -0.1) is 0 Å². The second-order valence-electron chi connectivity index (χ2n) is 10.3. The summed E-state index contributed by atoms with van der Waals surface area (Å²) < 4.78 is 12.1. The fraction of sp³-hybridized carbons (Fsp3) is 0. The molecule has 4 aromatic heterocycles. The van der Waals surface area contributed by atoms with Gasteiger partial charge >= 0.3 is 0 Å². The van der Waals surface area contributed by atoms with Crippen LogP contribution in [0.3, 0.4) is 0 Å². The Kier molecular flexibility index (Phi) is 6.01. The average molecular weight is 573 g/mol. The largest absolute Gasteiger partial charge is 0.434 e. The Bertz CT molecular complexity index is 1950. The van der Waals surface area contributed by atoms with E-state index in [1.54, 1.807) is 12.4 Å². The third-order valence-corrected chi connectivity index (χ3v) is 12.7. The van der Waals surface area contributed by atoms with Crippen LogP contribution in [0, 0.1) is 0 Å². The van der Waals surface area contributed by atoms with Crippen molar-refractivity contribution >= 4 is 51.3 Å². The SMILES string of the molecule is c1ccc([Si](c2ccccc2)(c2ccc(-c3nc4ncccc4o3)cc2)c2ccc(-c3nc4ncccc4o3)cc2)cc1. The Morgan fingerprint density at radius 3 is 1.19 bits per heavy atom. The summed E-state index contributed by atoms with van der Waals surface area (Å²) in [4.78, 5) is 17.9. The van der Waals surface area contributed by atoms with Gasteiger partial charge in [0.1, 0.15) is 0 Å². The molecule has 204 valence electrons. The number of oxazole rings is 2. The Balaban J connectivity index is 1.30. The van der Waals surface area contributed by atoms with Crippen molar-refractivity contribution < 1.29 is 8.83 Å². The first-order valence-electron chi connectivity index (χ1n) is 14.0. The van der Waals surface area contributed by atoms with Gasteiger partial charge in [-0.25, -0.2) is 9.97 Å². The van der Waals surface area contributed by atoms with E-state index in [-0.39, 0.29) is 0 Å². The van der Waals surface area contributed by atoms with Crippen molar-refractivity contribution in [2.45, 2.75) is 0 Å². The van der Waals surface area contributed by atoms with E-state index in [4.69, 9.17) is 8.83 Å². The van der Waals surface area contributed by atoms with E-state index in [0.717, 1.165) is 11.1 Å². The topological polar surface area (TPSA) is 77.8 Å². The van der Waals surface area contributed by atoms with Crippen molar-refractivity contribution in [3.63, 3.8) is 0 Å². The molecule has 6 nitrogen and oxygen atoms in total. The van der Waals surface area contributed by atoms with Gasteiger partial charge in [0.05, 0.1) is 0 Å². The second kappa shape index (κ2) is 10.3. The predicted molar refractivity (Wildman–Crippen MR) is 172 cm³/mol. The van der Waals surface area contributed by atoms with Gasteiger partial charge in [0, 0.05) is 23.5 Å². The van der Waals surface area contributed by atoms with Crippen LogP contribution in [0.1, 0.15) is 0 Å². The molecule has 43 heavy (non-hydrogen) atoms. The molecule has 0 aliphatic rings. The van der Waals surface area contributed by atoms with E-state index < -0.39 is 8.07 Å². The number of aromatic nitrogens is 4. The highest BCUT2D eigenvalue weighted by molar-refractivity contribution is 7.19. The van der Waals surface area contributed by atoms with E-state index in [1.807, 2.05) is 24.3 Å². The quantitative estimate of drug-likeness (QED) is 0.194. The number of benzene rings is 4. The lowest BCUT2D eigenvalue weighted by Gasteiger charge is -2.34. The maximum absolute atomic E-state index is 6.03. The maximum atomic E-state index is 6.03. The molecule has 4 aromatic carbocycles. The van der Waals surface area contributed by atoms with E-state index in [2.05, 4.69) is 129 Å². The third kappa shape index (κ3) is 4.26. The zero-order valence-electron chi connectivity index (χ0n) is 23.0. The number of hydrogen-bond donors (Lipinski definition) is 0. The Hall–Kier alpha value is -5.66. The highest BCUT2D eigenvalue weighted by Crippen LogP contribution is 2.25. The molecule has 0 N–H and O–H groups in total. The number of rotatable bonds is 6. The fourth-order valence-corrected chi connectivity index (χ4v) is 10.6. The van der Waals surface area contributed by atoms with Crippen molar-refractivity contribution in [1.29, 1.82) is 0 Å². The number of pyridine rings is 2. The smallest absolute Gasteiger partial charge is 0.228 e. The molecule has 0 aliphatic heterocycles. The molecule has 0 fully saturated rings. The van der Waals surface area contributed by atoms with Gasteiger partial charge in [-0.3, -0.25) is 0 Å². The molecule has 8 aromatic rings. The van der Waals surface area contributed by atoms with Crippen LogP contribution in [0.25, 0.3) is 45.4 Å². The van der Waals surface area contributed by atoms with E-state index in [0.29, 0.717) is 34.2 Å². The van der Waals surface area contributed by atoms with Crippen LogP contribution in [0.15, 0.2) is 155 Å². The third-order valence-electron chi connectivity index (χ3n) is 7.87. The van der Waals surface area contributed by atoms with Crippen LogP contribution in [-0.2, 0) is 0 Å². The van der Waals surface area contributed by atoms with Gasteiger partial charge in [-0.05, 0) is 69.3 Å². The van der Waals surface area contributed by atoms with Gasteiger partial charge in [-0.1, -0.05) is 84.9 Å². The number of hydrogen-bond acceptors (Lipinski definition) is 6. The molecule has 0 saturated carbocycles. The highest BCUT2D eigenvalue weighted by atomic mass is 28.3. The van der Waals surface area contributed by atoms with Crippen LogP contribution in [0.2, 0.25) is 0 Å². The molecule has 0 unspecified atom stereocenters. The summed E-state index contributed by atoms with van der Waals surface area (Å²) in [6.45, 7) is 0. The predicted octanol–water partition coefficient (Wildman–Crippen LogP) is 5.47. The first kappa shape index (κ1) is 25.1. The zero-order valence-corrected chi connectivity index (χ0v) is 24.0. The number of nitrogens with zero attached hydrogens (tertiary/aromatic N) is 4. The molecular weight excluding hydrogens is 549 g/mol. The lowest BCUT2D eigenvalue weighted by Crippen LogP contribution is -2.74. The van der Waals surface area contributed by atoms with Crippen LogP contribution in [0.5, 0.6) is 0 Å². The minimum atomic E-state index is -2.74. The Morgan fingerprint density at radius 2 is 0.791 bits per heavy atom. The molecular formula is C36H24N4O2Si. The fourth-order valence-electron chi connectivity index (χ4n) is 5.89. The summed E-state index contributed by atoms with van der Waals surface area (Å²) in [6.07, 6.45) is 3.45. The van der Waals surface area contributed by atoms with Crippen molar-refractivity contribution in [3.8, 4) is 22.9 Å². The van der Waals surface area contributed by atoms with Crippen molar-refractivity contribution in [2.75, 3.05) is 0 Å². The molecule has 0 spiro atoms. The standard InChI is InChI=1S/C36H24N4O2Si/c1-3-9-27(10-4-1)43(28-11-5-2-6-12-28,29-19-15-25(16-20-29)35-39-33-31(41-35)13-7-23-37-33)30-21-17-26(18-22-30)36-40-34-32(42-36)14-8-24-38-34/h1-24H. The summed E-state index contributed by atoms with van der Waals surface area (Å²) in [7, 11) is -2.74. The van der Waals surface area contributed by atoms with Gasteiger partial charge in [-0.2, -0.15) is 9.97 Å². The first-order valence-corrected chi connectivity index (χ1v) is 16.0. The summed E-state index contributed by atoms with van der Waals surface area (Å²) in [5, 5.41) is 5.08. The summed E-state index contributed by atoms with van der Waals surface area (Å²) in [5.74, 6) is 1.12. The van der Waals surface area contributed by atoms with Gasteiger partial charge in [0.25, 0.3) is 0 Å². The van der Waals surface area contributed by atoms with Crippen LogP contribution >= 0.6 is 0 Å². The van der Waals surface area contributed by atoms with Gasteiger partial charge in [0.2, 0.25) is 11.8 Å². The number of fused-ring (bicyclic) bond motifs is 2. The van der Waals surface area contributed by atoms with Gasteiger partial charge < -0.3 is 8.83 Å². The molecule has 0 atom stereocenters. The van der Waals surface area contributed by atoms with E-state index in [9.17, 15) is 0 Å². The van der Waals surface area contributed by atoms with E-state index in [1.165, 1.54) is 20.7 Å². The minimum Gasteiger partial charge on any atom is -0.434 e. The zero-order chi connectivity index (χ0) is 28.6. The molecule has 0 bridgehead atoms. The monoisotopic (exact) mass is 572 g/mol. The summed E-state index contributed by atoms with van der Waals surface area (Å²) in [6, 6.07) is 46.4. The summed E-state index contributed by atoms with van der Waals surface area (Å²) in [5.41, 5.74) is 4.38. The average Bonchev–Trinajstić information content (AvgIpc) is 3.72. The van der Waals surface area contributed by atoms with Crippen molar-refractivity contribution in [2.24, 2.45) is 0 Å². The van der Waals surface area contributed by atoms with Crippen LogP contribution < -0.4 is 20.7 Å². The minimum absolute atomic E-state index is 0.559. The van der Waals surface area contributed by atoms with Crippen molar-refractivity contribution in [1.82, 2.24) is 19.9 Å². The van der Waals surface area contributed by atoms with Crippen LogP contribution in [0.4, 0.5) is 0 Å². The van der Waals surface area contributed by atoms with Crippen molar-refractivity contribution in [3.05, 3.63) is 146 Å². The van der Waals surface area contributed by atoms with Gasteiger partial charge in [0.15, 0.2) is 30.5 Å². The molecule has 0 amide bonds. The Labute approximate surface area is 248 Å². The molecule has 0 saturated heterocycles.